The van der Waals surface area contributed by atoms with Crippen molar-refractivity contribution >= 4 is 0 Å². The van der Waals surface area contributed by atoms with E-state index >= 15 is 0 Å². The normalized spacial score (nSPS) is 25.9. The Kier molecular flexibility index (Phi) is 6.41. The molecule has 1 saturated carbocycles. The molecule has 0 amide bonds. The summed E-state index contributed by atoms with van der Waals surface area (Å²) in [5.41, 5.74) is 0. The zero-order valence-electron chi connectivity index (χ0n) is 11.8. The maximum atomic E-state index is 3.64. The number of hydrogen-bond donors (Lipinski definition) is 1. The van der Waals surface area contributed by atoms with E-state index in [1.54, 1.807) is 0 Å². The summed E-state index contributed by atoms with van der Waals surface area (Å²) in [6.45, 7) is 11.7. The molecule has 0 aromatic carbocycles. The second-order valence-electron chi connectivity index (χ2n) is 6.47. The predicted molar refractivity (Wildman–Crippen MR) is 72.6 cm³/mol. The van der Waals surface area contributed by atoms with Crippen LogP contribution in [0.2, 0.25) is 0 Å². The van der Waals surface area contributed by atoms with E-state index in [0.29, 0.717) is 0 Å². The van der Waals surface area contributed by atoms with Crippen LogP contribution < -0.4 is 5.32 Å². The average molecular weight is 225 g/mol. The lowest BCUT2D eigenvalue weighted by Gasteiger charge is -2.21. The molecule has 0 spiro atoms. The molecule has 0 bridgehead atoms. The Labute approximate surface area is 102 Å². The molecule has 0 saturated heterocycles. The molecule has 96 valence electrons. The predicted octanol–water partition coefficient (Wildman–Crippen LogP) is 4.08. The molecule has 1 nitrogen and oxygen atoms in total. The zero-order valence-corrected chi connectivity index (χ0v) is 11.8. The maximum Gasteiger partial charge on any atom is -0.00178 e. The third-order valence-electron chi connectivity index (χ3n) is 3.89. The van der Waals surface area contributed by atoms with Crippen LogP contribution in [-0.4, -0.2) is 13.1 Å². The first-order chi connectivity index (χ1) is 7.59. The molecular formula is C15H31N. The van der Waals surface area contributed by atoms with Gasteiger partial charge < -0.3 is 5.32 Å². The van der Waals surface area contributed by atoms with Gasteiger partial charge in [-0.05, 0) is 49.6 Å². The highest BCUT2D eigenvalue weighted by Gasteiger charge is 2.26. The highest BCUT2D eigenvalue weighted by atomic mass is 14.9. The summed E-state index contributed by atoms with van der Waals surface area (Å²) in [4.78, 5) is 0. The highest BCUT2D eigenvalue weighted by molar-refractivity contribution is 4.79. The average Bonchev–Trinajstić information content (AvgIpc) is 2.62. The topological polar surface area (TPSA) is 12.0 Å². The third kappa shape index (κ3) is 5.34. The molecule has 1 fully saturated rings. The van der Waals surface area contributed by atoms with Crippen LogP contribution in [0.4, 0.5) is 0 Å². The van der Waals surface area contributed by atoms with Crippen molar-refractivity contribution in [1.29, 1.82) is 0 Å². The van der Waals surface area contributed by atoms with Crippen molar-refractivity contribution in [3.8, 4) is 0 Å². The van der Waals surface area contributed by atoms with Crippen molar-refractivity contribution in [2.75, 3.05) is 13.1 Å². The van der Waals surface area contributed by atoms with Gasteiger partial charge >= 0.3 is 0 Å². The largest absolute Gasteiger partial charge is 0.316 e. The SMILES string of the molecule is CC(C)CCC1CCCC1CNCC(C)C. The van der Waals surface area contributed by atoms with E-state index in [9.17, 15) is 0 Å². The Morgan fingerprint density at radius 1 is 1.00 bits per heavy atom. The van der Waals surface area contributed by atoms with Gasteiger partial charge in [-0.15, -0.1) is 0 Å². The lowest BCUT2D eigenvalue weighted by atomic mass is 9.89. The van der Waals surface area contributed by atoms with E-state index in [2.05, 4.69) is 33.0 Å². The van der Waals surface area contributed by atoms with Crippen molar-refractivity contribution < 1.29 is 0 Å². The molecule has 16 heavy (non-hydrogen) atoms. The second kappa shape index (κ2) is 7.32. The van der Waals surface area contributed by atoms with Gasteiger partial charge in [0, 0.05) is 0 Å². The summed E-state index contributed by atoms with van der Waals surface area (Å²) in [7, 11) is 0. The molecule has 1 aliphatic carbocycles. The van der Waals surface area contributed by atoms with E-state index < -0.39 is 0 Å². The fourth-order valence-electron chi connectivity index (χ4n) is 2.87. The third-order valence-corrected chi connectivity index (χ3v) is 3.89. The Morgan fingerprint density at radius 2 is 1.69 bits per heavy atom. The maximum absolute atomic E-state index is 3.64. The van der Waals surface area contributed by atoms with Crippen molar-refractivity contribution in [3.05, 3.63) is 0 Å². The van der Waals surface area contributed by atoms with Gasteiger partial charge in [0.15, 0.2) is 0 Å². The first-order valence-electron chi connectivity index (χ1n) is 7.30. The van der Waals surface area contributed by atoms with Crippen molar-refractivity contribution in [3.63, 3.8) is 0 Å². The Balaban J connectivity index is 2.18. The fraction of sp³-hybridized carbons (Fsp3) is 1.00. The van der Waals surface area contributed by atoms with Gasteiger partial charge in [-0.1, -0.05) is 47.0 Å². The molecule has 1 rings (SSSR count). The molecule has 0 aliphatic heterocycles. The quantitative estimate of drug-likeness (QED) is 0.688. The zero-order chi connectivity index (χ0) is 12.0. The van der Waals surface area contributed by atoms with Gasteiger partial charge in [0.25, 0.3) is 0 Å². The smallest absolute Gasteiger partial charge is 0.00178 e. The Morgan fingerprint density at radius 3 is 2.31 bits per heavy atom. The van der Waals surface area contributed by atoms with Gasteiger partial charge in [0.05, 0.1) is 0 Å². The van der Waals surface area contributed by atoms with Crippen LogP contribution >= 0.6 is 0 Å². The Hall–Kier alpha value is -0.0400. The van der Waals surface area contributed by atoms with Crippen molar-refractivity contribution in [1.82, 2.24) is 5.32 Å². The van der Waals surface area contributed by atoms with Crippen LogP contribution in [0.25, 0.3) is 0 Å². The summed E-state index contributed by atoms with van der Waals surface area (Å²) in [6, 6.07) is 0. The number of rotatable bonds is 7. The van der Waals surface area contributed by atoms with Crippen LogP contribution in [0.1, 0.15) is 59.8 Å². The molecular weight excluding hydrogens is 194 g/mol. The second-order valence-corrected chi connectivity index (χ2v) is 6.47. The molecule has 0 aromatic rings. The number of nitrogens with one attached hydrogen (secondary N) is 1. The minimum Gasteiger partial charge on any atom is -0.316 e. The van der Waals surface area contributed by atoms with Crippen molar-refractivity contribution in [2.45, 2.75) is 59.8 Å². The molecule has 1 N–H and O–H groups in total. The minimum atomic E-state index is 0.788. The Bertz CT molecular complexity index is 174. The summed E-state index contributed by atoms with van der Waals surface area (Å²) < 4.78 is 0. The summed E-state index contributed by atoms with van der Waals surface area (Å²) in [6.07, 6.45) is 7.31. The van der Waals surface area contributed by atoms with Gasteiger partial charge in [-0.25, -0.2) is 0 Å². The minimum absolute atomic E-state index is 0.788. The van der Waals surface area contributed by atoms with E-state index in [0.717, 1.165) is 23.7 Å². The molecule has 0 heterocycles. The van der Waals surface area contributed by atoms with E-state index in [1.165, 1.54) is 45.2 Å². The molecule has 2 atom stereocenters. The van der Waals surface area contributed by atoms with Crippen LogP contribution in [-0.2, 0) is 0 Å². The van der Waals surface area contributed by atoms with E-state index in [4.69, 9.17) is 0 Å². The molecule has 0 aromatic heterocycles. The molecule has 1 heteroatoms. The lowest BCUT2D eigenvalue weighted by Crippen LogP contribution is -2.28. The molecule has 0 radical (unpaired) electrons. The van der Waals surface area contributed by atoms with E-state index in [-0.39, 0.29) is 0 Å². The molecule has 1 aliphatic rings. The van der Waals surface area contributed by atoms with Gasteiger partial charge in [0.1, 0.15) is 0 Å². The van der Waals surface area contributed by atoms with Crippen LogP contribution in [0.15, 0.2) is 0 Å². The first-order valence-corrected chi connectivity index (χ1v) is 7.30. The summed E-state index contributed by atoms with van der Waals surface area (Å²) in [5.74, 6) is 3.65. The van der Waals surface area contributed by atoms with Gasteiger partial charge in [0.2, 0.25) is 0 Å². The van der Waals surface area contributed by atoms with Crippen molar-refractivity contribution in [2.24, 2.45) is 23.7 Å². The lowest BCUT2D eigenvalue weighted by molar-refractivity contribution is 0.320. The number of hydrogen-bond acceptors (Lipinski definition) is 1. The first kappa shape index (κ1) is 14.0. The van der Waals surface area contributed by atoms with Gasteiger partial charge in [-0.3, -0.25) is 0 Å². The summed E-state index contributed by atoms with van der Waals surface area (Å²) in [5, 5.41) is 3.64. The summed E-state index contributed by atoms with van der Waals surface area (Å²) >= 11 is 0. The highest BCUT2D eigenvalue weighted by Crippen LogP contribution is 2.35. The van der Waals surface area contributed by atoms with Crippen LogP contribution in [0.5, 0.6) is 0 Å². The fourth-order valence-corrected chi connectivity index (χ4v) is 2.87. The molecule has 2 unspecified atom stereocenters. The van der Waals surface area contributed by atoms with Gasteiger partial charge in [-0.2, -0.15) is 0 Å². The van der Waals surface area contributed by atoms with E-state index in [1.807, 2.05) is 0 Å². The van der Waals surface area contributed by atoms with Crippen LogP contribution in [0.3, 0.4) is 0 Å². The van der Waals surface area contributed by atoms with Crippen LogP contribution in [0, 0.1) is 23.7 Å². The standard InChI is InChI=1S/C15H31N/c1-12(2)8-9-14-6-5-7-15(14)11-16-10-13(3)4/h12-16H,5-11H2,1-4H3. The monoisotopic (exact) mass is 225 g/mol.